The topological polar surface area (TPSA) is 13.1 Å². The Morgan fingerprint density at radius 3 is 2.53 bits per heavy atom. The van der Waals surface area contributed by atoms with Gasteiger partial charge in [-0.15, -0.1) is 0 Å². The van der Waals surface area contributed by atoms with Crippen molar-refractivity contribution in [3.05, 3.63) is 71.7 Å². The summed E-state index contributed by atoms with van der Waals surface area (Å²) < 4.78 is 19.0. The van der Waals surface area contributed by atoms with E-state index >= 15 is 0 Å². The van der Waals surface area contributed by atoms with Crippen LogP contribution >= 0.6 is 0 Å². The molecular formula is C15H11FO. The predicted molar refractivity (Wildman–Crippen MR) is 65.4 cm³/mol. The van der Waals surface area contributed by atoms with Crippen molar-refractivity contribution in [3.8, 4) is 0 Å². The van der Waals surface area contributed by atoms with Crippen molar-refractivity contribution < 1.29 is 8.81 Å². The van der Waals surface area contributed by atoms with Crippen molar-refractivity contribution in [1.82, 2.24) is 0 Å². The van der Waals surface area contributed by atoms with Gasteiger partial charge < -0.3 is 4.42 Å². The van der Waals surface area contributed by atoms with Crippen LogP contribution in [0.25, 0.3) is 11.0 Å². The minimum atomic E-state index is -0.304. The molecule has 17 heavy (non-hydrogen) atoms. The van der Waals surface area contributed by atoms with Gasteiger partial charge in [0, 0.05) is 11.8 Å². The van der Waals surface area contributed by atoms with Crippen LogP contribution in [0.4, 0.5) is 4.39 Å². The fourth-order valence-electron chi connectivity index (χ4n) is 1.97. The third kappa shape index (κ3) is 1.94. The third-order valence-corrected chi connectivity index (χ3v) is 2.77. The molecular weight excluding hydrogens is 215 g/mol. The Morgan fingerprint density at radius 1 is 0.941 bits per heavy atom. The molecule has 0 aliphatic heterocycles. The van der Waals surface area contributed by atoms with Crippen LogP contribution in [0.1, 0.15) is 11.3 Å². The van der Waals surface area contributed by atoms with Crippen LogP contribution in [0.3, 0.4) is 0 Å². The Balaban J connectivity index is 1.99. The molecule has 0 aliphatic carbocycles. The fourth-order valence-corrected chi connectivity index (χ4v) is 1.97. The van der Waals surface area contributed by atoms with Crippen molar-refractivity contribution >= 4 is 11.0 Å². The minimum Gasteiger partial charge on any atom is -0.458 e. The van der Waals surface area contributed by atoms with E-state index in [9.17, 15) is 4.39 Å². The molecule has 1 aromatic heterocycles. The summed E-state index contributed by atoms with van der Waals surface area (Å²) in [7, 11) is 0. The molecule has 0 unspecified atom stereocenters. The van der Waals surface area contributed by atoms with Crippen LogP contribution in [0.15, 0.2) is 59.0 Å². The second-order valence-corrected chi connectivity index (χ2v) is 4.03. The fraction of sp³-hybridized carbons (Fsp3) is 0.0667. The van der Waals surface area contributed by atoms with Gasteiger partial charge in [0.15, 0.2) is 11.4 Å². The molecule has 1 nitrogen and oxygen atoms in total. The van der Waals surface area contributed by atoms with Crippen molar-refractivity contribution in [2.24, 2.45) is 0 Å². The maximum atomic E-state index is 13.4. The normalized spacial score (nSPS) is 10.9. The van der Waals surface area contributed by atoms with Crippen LogP contribution in [0.2, 0.25) is 0 Å². The Morgan fingerprint density at radius 2 is 1.76 bits per heavy atom. The lowest BCUT2D eigenvalue weighted by Crippen LogP contribution is -1.83. The highest BCUT2D eigenvalue weighted by Gasteiger charge is 2.07. The van der Waals surface area contributed by atoms with Crippen LogP contribution in [0, 0.1) is 5.82 Å². The van der Waals surface area contributed by atoms with Crippen molar-refractivity contribution in [1.29, 1.82) is 0 Å². The highest BCUT2D eigenvalue weighted by Crippen LogP contribution is 2.23. The highest BCUT2D eigenvalue weighted by atomic mass is 19.1. The molecule has 0 atom stereocenters. The van der Waals surface area contributed by atoms with Gasteiger partial charge in [0.05, 0.1) is 0 Å². The molecule has 0 bridgehead atoms. The van der Waals surface area contributed by atoms with Crippen LogP contribution in [-0.2, 0) is 6.42 Å². The second-order valence-electron chi connectivity index (χ2n) is 4.03. The summed E-state index contributed by atoms with van der Waals surface area (Å²) in [6.07, 6.45) is 0.689. The molecule has 0 fully saturated rings. The molecule has 3 rings (SSSR count). The average Bonchev–Trinajstić information content (AvgIpc) is 2.74. The number of furan rings is 1. The predicted octanol–water partition coefficient (Wildman–Crippen LogP) is 4.16. The zero-order valence-electron chi connectivity index (χ0n) is 9.19. The summed E-state index contributed by atoms with van der Waals surface area (Å²) in [6, 6.07) is 16.9. The van der Waals surface area contributed by atoms with E-state index in [4.69, 9.17) is 4.42 Å². The number of rotatable bonds is 2. The Bertz CT molecular complexity index is 640. The summed E-state index contributed by atoms with van der Waals surface area (Å²) in [5.74, 6) is 0.484. The summed E-state index contributed by atoms with van der Waals surface area (Å²) in [6.45, 7) is 0. The minimum absolute atomic E-state index is 0.304. The van der Waals surface area contributed by atoms with E-state index in [1.165, 1.54) is 6.07 Å². The van der Waals surface area contributed by atoms with Crippen LogP contribution < -0.4 is 0 Å². The highest BCUT2D eigenvalue weighted by molar-refractivity contribution is 5.78. The zero-order chi connectivity index (χ0) is 11.7. The van der Waals surface area contributed by atoms with Gasteiger partial charge in [-0.1, -0.05) is 42.5 Å². The summed E-state index contributed by atoms with van der Waals surface area (Å²) >= 11 is 0. The lowest BCUT2D eigenvalue weighted by atomic mass is 10.1. The van der Waals surface area contributed by atoms with Gasteiger partial charge in [-0.05, 0) is 17.7 Å². The third-order valence-electron chi connectivity index (χ3n) is 2.77. The van der Waals surface area contributed by atoms with Gasteiger partial charge in [0.25, 0.3) is 0 Å². The Kier molecular flexibility index (Phi) is 2.41. The van der Waals surface area contributed by atoms with Gasteiger partial charge >= 0.3 is 0 Å². The molecule has 1 heterocycles. The van der Waals surface area contributed by atoms with E-state index in [1.54, 1.807) is 6.07 Å². The Labute approximate surface area is 98.5 Å². The molecule has 84 valence electrons. The molecule has 2 aromatic carbocycles. The lowest BCUT2D eigenvalue weighted by molar-refractivity contribution is 0.528. The first-order chi connectivity index (χ1) is 8.33. The van der Waals surface area contributed by atoms with Gasteiger partial charge in [0.1, 0.15) is 5.76 Å². The maximum Gasteiger partial charge on any atom is 0.169 e. The number of para-hydroxylation sites is 1. The van der Waals surface area contributed by atoms with Crippen LogP contribution in [0.5, 0.6) is 0 Å². The zero-order valence-corrected chi connectivity index (χ0v) is 9.19. The van der Waals surface area contributed by atoms with E-state index < -0.39 is 0 Å². The van der Waals surface area contributed by atoms with E-state index in [0.717, 1.165) is 16.7 Å². The quantitative estimate of drug-likeness (QED) is 0.639. The molecule has 0 radical (unpaired) electrons. The molecule has 0 amide bonds. The van der Waals surface area contributed by atoms with E-state index in [1.807, 2.05) is 42.5 Å². The van der Waals surface area contributed by atoms with E-state index in [-0.39, 0.29) is 5.82 Å². The van der Waals surface area contributed by atoms with Crippen LogP contribution in [-0.4, -0.2) is 0 Å². The number of benzene rings is 2. The lowest BCUT2D eigenvalue weighted by Gasteiger charge is -1.96. The SMILES string of the molecule is Fc1cccc2cc(Cc3ccccc3)oc12. The number of hydrogen-bond acceptors (Lipinski definition) is 1. The van der Waals surface area contributed by atoms with Gasteiger partial charge in [-0.2, -0.15) is 0 Å². The number of halogens is 1. The largest absolute Gasteiger partial charge is 0.458 e. The maximum absolute atomic E-state index is 13.4. The first-order valence-electron chi connectivity index (χ1n) is 5.54. The molecule has 0 spiro atoms. The average molecular weight is 226 g/mol. The van der Waals surface area contributed by atoms with Crippen molar-refractivity contribution in [2.75, 3.05) is 0 Å². The number of hydrogen-bond donors (Lipinski definition) is 0. The number of fused-ring (bicyclic) bond motifs is 1. The van der Waals surface area contributed by atoms with E-state index in [0.29, 0.717) is 12.0 Å². The van der Waals surface area contributed by atoms with Crippen molar-refractivity contribution in [2.45, 2.75) is 6.42 Å². The van der Waals surface area contributed by atoms with Gasteiger partial charge in [-0.3, -0.25) is 0 Å². The molecule has 0 aliphatic rings. The summed E-state index contributed by atoms with van der Waals surface area (Å²) in [5, 5.41) is 0.816. The second kappa shape index (κ2) is 4.06. The Hall–Kier alpha value is -2.09. The molecule has 0 N–H and O–H groups in total. The summed E-state index contributed by atoms with van der Waals surface area (Å²) in [5.41, 5.74) is 1.50. The summed E-state index contributed by atoms with van der Waals surface area (Å²) in [4.78, 5) is 0. The molecule has 2 heteroatoms. The molecule has 0 saturated carbocycles. The van der Waals surface area contributed by atoms with Gasteiger partial charge in [0.2, 0.25) is 0 Å². The van der Waals surface area contributed by atoms with Gasteiger partial charge in [-0.25, -0.2) is 4.39 Å². The standard InChI is InChI=1S/C15H11FO/c16-14-8-4-7-12-10-13(17-15(12)14)9-11-5-2-1-3-6-11/h1-8,10H,9H2. The smallest absolute Gasteiger partial charge is 0.169 e. The van der Waals surface area contributed by atoms with E-state index in [2.05, 4.69) is 0 Å². The molecule has 3 aromatic rings. The first kappa shape index (κ1) is 10.1. The van der Waals surface area contributed by atoms with Crippen molar-refractivity contribution in [3.63, 3.8) is 0 Å². The monoisotopic (exact) mass is 226 g/mol. The molecule has 0 saturated heterocycles. The first-order valence-corrected chi connectivity index (χ1v) is 5.54.